The highest BCUT2D eigenvalue weighted by atomic mass is 32.2. The van der Waals surface area contributed by atoms with Gasteiger partial charge in [-0.2, -0.15) is 4.31 Å². The van der Waals surface area contributed by atoms with Gasteiger partial charge in [0.05, 0.1) is 12.8 Å². The third-order valence-electron chi connectivity index (χ3n) is 2.11. The maximum Gasteiger partial charge on any atom is 0.211 e. The second-order valence-electron chi connectivity index (χ2n) is 3.91. The molecule has 0 spiro atoms. The number of hydrogen-bond donors (Lipinski definition) is 0. The molecule has 1 rings (SSSR count). The number of rotatable bonds is 4. The first-order valence-corrected chi connectivity index (χ1v) is 6.67. The zero-order valence-corrected chi connectivity index (χ0v) is 10.3. The molecule has 0 fully saturated rings. The van der Waals surface area contributed by atoms with E-state index in [1.54, 1.807) is 6.07 Å². The molecule has 5 heteroatoms. The molecule has 0 saturated carbocycles. The Morgan fingerprint density at radius 1 is 1.40 bits per heavy atom. The molecule has 0 atom stereocenters. The van der Waals surface area contributed by atoms with Gasteiger partial charge in [0.15, 0.2) is 0 Å². The SMILES string of the molecule is Cc1ccc(CN(C(C)C)S(C)(=O)=O)o1. The number of furan rings is 1. The van der Waals surface area contributed by atoms with Crippen LogP contribution in [-0.4, -0.2) is 25.0 Å². The van der Waals surface area contributed by atoms with Crippen molar-refractivity contribution < 1.29 is 12.8 Å². The summed E-state index contributed by atoms with van der Waals surface area (Å²) in [4.78, 5) is 0. The molecule has 0 N–H and O–H groups in total. The fraction of sp³-hybridized carbons (Fsp3) is 0.600. The Kier molecular flexibility index (Phi) is 3.57. The van der Waals surface area contributed by atoms with Crippen LogP contribution in [0.15, 0.2) is 16.5 Å². The Bertz CT molecular complexity index is 420. The quantitative estimate of drug-likeness (QED) is 0.793. The average molecular weight is 231 g/mol. The largest absolute Gasteiger partial charge is 0.465 e. The zero-order valence-electron chi connectivity index (χ0n) is 9.52. The summed E-state index contributed by atoms with van der Waals surface area (Å²) in [5.74, 6) is 1.47. The summed E-state index contributed by atoms with van der Waals surface area (Å²) in [6, 6.07) is 3.57. The first-order chi connectivity index (χ1) is 6.80. The molecule has 4 nitrogen and oxygen atoms in total. The lowest BCUT2D eigenvalue weighted by Crippen LogP contribution is -2.35. The fourth-order valence-electron chi connectivity index (χ4n) is 1.41. The van der Waals surface area contributed by atoms with E-state index < -0.39 is 10.0 Å². The minimum Gasteiger partial charge on any atom is -0.465 e. The molecule has 0 radical (unpaired) electrons. The first-order valence-electron chi connectivity index (χ1n) is 4.83. The van der Waals surface area contributed by atoms with Gasteiger partial charge in [0.2, 0.25) is 10.0 Å². The maximum atomic E-state index is 11.5. The van der Waals surface area contributed by atoms with Crippen LogP contribution in [0.25, 0.3) is 0 Å². The standard InChI is InChI=1S/C10H17NO3S/c1-8(2)11(15(4,12)13)7-10-6-5-9(3)14-10/h5-6,8H,7H2,1-4H3. The minimum atomic E-state index is -3.18. The Morgan fingerprint density at radius 2 is 2.00 bits per heavy atom. The van der Waals surface area contributed by atoms with E-state index in [1.807, 2.05) is 26.8 Å². The predicted molar refractivity (Wildman–Crippen MR) is 59.0 cm³/mol. The van der Waals surface area contributed by atoms with Crippen LogP contribution in [0.5, 0.6) is 0 Å². The number of hydrogen-bond acceptors (Lipinski definition) is 3. The smallest absolute Gasteiger partial charge is 0.211 e. The third kappa shape index (κ3) is 3.35. The van der Waals surface area contributed by atoms with E-state index in [4.69, 9.17) is 4.42 Å². The lowest BCUT2D eigenvalue weighted by atomic mass is 10.3. The molecular formula is C10H17NO3S. The highest BCUT2D eigenvalue weighted by Crippen LogP contribution is 2.14. The van der Waals surface area contributed by atoms with Crippen LogP contribution < -0.4 is 0 Å². The molecule has 0 saturated heterocycles. The molecule has 0 aliphatic rings. The van der Waals surface area contributed by atoms with Crippen molar-refractivity contribution in [3.05, 3.63) is 23.7 Å². The average Bonchev–Trinajstić information content (AvgIpc) is 2.44. The van der Waals surface area contributed by atoms with E-state index in [2.05, 4.69) is 0 Å². The molecule has 0 bridgehead atoms. The topological polar surface area (TPSA) is 50.5 Å². The number of aryl methyl sites for hydroxylation is 1. The lowest BCUT2D eigenvalue weighted by molar-refractivity contribution is 0.317. The number of sulfonamides is 1. The molecule has 0 aliphatic heterocycles. The van der Waals surface area contributed by atoms with Gasteiger partial charge in [-0.1, -0.05) is 0 Å². The maximum absolute atomic E-state index is 11.5. The van der Waals surface area contributed by atoms with Crippen LogP contribution in [0, 0.1) is 6.92 Å². The molecule has 15 heavy (non-hydrogen) atoms. The van der Waals surface area contributed by atoms with Gasteiger partial charge >= 0.3 is 0 Å². The minimum absolute atomic E-state index is 0.0644. The summed E-state index contributed by atoms with van der Waals surface area (Å²) in [7, 11) is -3.18. The van der Waals surface area contributed by atoms with Gasteiger partial charge in [-0.3, -0.25) is 0 Å². The van der Waals surface area contributed by atoms with Crippen LogP contribution in [-0.2, 0) is 16.6 Å². The predicted octanol–water partition coefficient (Wildman–Crippen LogP) is 1.76. The van der Waals surface area contributed by atoms with Crippen molar-refractivity contribution in [1.29, 1.82) is 0 Å². The Morgan fingerprint density at radius 3 is 2.33 bits per heavy atom. The molecule has 0 amide bonds. The van der Waals surface area contributed by atoms with E-state index in [1.165, 1.54) is 10.6 Å². The van der Waals surface area contributed by atoms with Gasteiger partial charge in [0, 0.05) is 6.04 Å². The second-order valence-corrected chi connectivity index (χ2v) is 5.85. The van der Waals surface area contributed by atoms with E-state index in [0.29, 0.717) is 12.3 Å². The molecule has 1 aromatic rings. The summed E-state index contributed by atoms with van der Waals surface area (Å²) in [5.41, 5.74) is 0. The van der Waals surface area contributed by atoms with E-state index >= 15 is 0 Å². The van der Waals surface area contributed by atoms with E-state index in [0.717, 1.165) is 5.76 Å². The van der Waals surface area contributed by atoms with Gasteiger partial charge in [0.1, 0.15) is 11.5 Å². The molecule has 86 valence electrons. The van der Waals surface area contributed by atoms with Crippen molar-refractivity contribution in [2.75, 3.05) is 6.26 Å². The zero-order chi connectivity index (χ0) is 11.6. The summed E-state index contributed by atoms with van der Waals surface area (Å²) in [6.45, 7) is 5.82. The molecule has 0 unspecified atom stereocenters. The van der Waals surface area contributed by atoms with Crippen LogP contribution in [0.4, 0.5) is 0 Å². The molecule has 1 heterocycles. The van der Waals surface area contributed by atoms with Crippen LogP contribution in [0.3, 0.4) is 0 Å². The van der Waals surface area contributed by atoms with E-state index in [9.17, 15) is 8.42 Å². The highest BCUT2D eigenvalue weighted by molar-refractivity contribution is 7.88. The molecule has 0 aromatic carbocycles. The van der Waals surface area contributed by atoms with Gasteiger partial charge in [-0.05, 0) is 32.9 Å². The number of nitrogens with zero attached hydrogens (tertiary/aromatic N) is 1. The Labute approximate surface area is 90.9 Å². The van der Waals surface area contributed by atoms with Crippen LogP contribution in [0.2, 0.25) is 0 Å². The van der Waals surface area contributed by atoms with Gasteiger partial charge in [-0.15, -0.1) is 0 Å². The first kappa shape index (κ1) is 12.3. The van der Waals surface area contributed by atoms with Crippen molar-refractivity contribution in [1.82, 2.24) is 4.31 Å². The van der Waals surface area contributed by atoms with E-state index in [-0.39, 0.29) is 6.04 Å². The van der Waals surface area contributed by atoms with Gasteiger partial charge in [0.25, 0.3) is 0 Å². The molecular weight excluding hydrogens is 214 g/mol. The van der Waals surface area contributed by atoms with Crippen molar-refractivity contribution >= 4 is 10.0 Å². The lowest BCUT2D eigenvalue weighted by Gasteiger charge is -2.22. The fourth-order valence-corrected chi connectivity index (χ4v) is 2.53. The normalized spacial score (nSPS) is 12.7. The second kappa shape index (κ2) is 4.37. The Balaban J connectivity index is 2.86. The van der Waals surface area contributed by atoms with Crippen molar-refractivity contribution in [3.63, 3.8) is 0 Å². The van der Waals surface area contributed by atoms with Gasteiger partial charge in [-0.25, -0.2) is 8.42 Å². The Hall–Kier alpha value is -0.810. The molecule has 0 aliphatic carbocycles. The van der Waals surface area contributed by atoms with Crippen LogP contribution in [0.1, 0.15) is 25.4 Å². The van der Waals surface area contributed by atoms with Crippen molar-refractivity contribution in [2.45, 2.75) is 33.4 Å². The van der Waals surface area contributed by atoms with Crippen LogP contribution >= 0.6 is 0 Å². The highest BCUT2D eigenvalue weighted by Gasteiger charge is 2.21. The monoisotopic (exact) mass is 231 g/mol. The summed E-state index contributed by atoms with van der Waals surface area (Å²) in [5, 5.41) is 0. The third-order valence-corrected chi connectivity index (χ3v) is 3.51. The summed E-state index contributed by atoms with van der Waals surface area (Å²) < 4.78 is 29.7. The summed E-state index contributed by atoms with van der Waals surface area (Å²) in [6.07, 6.45) is 1.21. The van der Waals surface area contributed by atoms with Gasteiger partial charge < -0.3 is 4.42 Å². The van der Waals surface area contributed by atoms with Crippen molar-refractivity contribution in [3.8, 4) is 0 Å². The van der Waals surface area contributed by atoms with Crippen molar-refractivity contribution in [2.24, 2.45) is 0 Å². The summed E-state index contributed by atoms with van der Waals surface area (Å²) >= 11 is 0. The molecule has 1 aromatic heterocycles.